The van der Waals surface area contributed by atoms with Crippen LogP contribution in [0.3, 0.4) is 0 Å². The van der Waals surface area contributed by atoms with Crippen LogP contribution in [-0.4, -0.2) is 45.1 Å². The van der Waals surface area contributed by atoms with E-state index in [0.29, 0.717) is 18.1 Å². The average molecular weight is 330 g/mol. The monoisotopic (exact) mass is 330 g/mol. The Balaban J connectivity index is 1.44. The van der Waals surface area contributed by atoms with E-state index in [4.69, 9.17) is 9.47 Å². The molecule has 4 rings (SSSR count). The van der Waals surface area contributed by atoms with Crippen LogP contribution in [0.15, 0.2) is 24.3 Å². The van der Waals surface area contributed by atoms with Crippen LogP contribution in [0.4, 0.5) is 5.69 Å². The highest BCUT2D eigenvalue weighted by Gasteiger charge is 2.57. The van der Waals surface area contributed by atoms with Crippen molar-refractivity contribution >= 4 is 5.69 Å². The van der Waals surface area contributed by atoms with Gasteiger partial charge in [-0.05, 0) is 24.5 Å². The predicted octanol–water partition coefficient (Wildman–Crippen LogP) is 2.82. The van der Waals surface area contributed by atoms with Crippen molar-refractivity contribution < 1.29 is 9.47 Å². The normalized spacial score (nSPS) is 32.1. The molecule has 0 amide bonds. The lowest BCUT2D eigenvalue weighted by Crippen LogP contribution is -2.69. The Hall–Kier alpha value is -1.10. The van der Waals surface area contributed by atoms with E-state index in [-0.39, 0.29) is 5.41 Å². The second-order valence-electron chi connectivity index (χ2n) is 8.01. The third-order valence-corrected chi connectivity index (χ3v) is 6.19. The second kappa shape index (κ2) is 6.66. The second-order valence-corrected chi connectivity index (χ2v) is 8.01. The molecule has 3 atom stereocenters. The minimum Gasteiger partial charge on any atom is -0.378 e. The average Bonchev–Trinajstić information content (AvgIpc) is 2.63. The number of hydrogen-bond donors (Lipinski definition) is 1. The largest absolute Gasteiger partial charge is 0.378 e. The van der Waals surface area contributed by atoms with Crippen molar-refractivity contribution in [3.63, 3.8) is 0 Å². The fraction of sp³-hybridized carbons (Fsp3) is 0.700. The summed E-state index contributed by atoms with van der Waals surface area (Å²) in [6, 6.07) is 9.37. The Labute approximate surface area is 145 Å². The van der Waals surface area contributed by atoms with Gasteiger partial charge in [0.25, 0.3) is 0 Å². The van der Waals surface area contributed by atoms with Gasteiger partial charge in [0.15, 0.2) is 0 Å². The first-order chi connectivity index (χ1) is 11.7. The highest BCUT2D eigenvalue weighted by atomic mass is 16.5. The van der Waals surface area contributed by atoms with Gasteiger partial charge in [0.05, 0.1) is 19.3 Å². The Bertz CT molecular complexity index is 569. The van der Waals surface area contributed by atoms with Gasteiger partial charge in [-0.25, -0.2) is 0 Å². The van der Waals surface area contributed by atoms with Crippen LogP contribution in [0.2, 0.25) is 0 Å². The van der Waals surface area contributed by atoms with Crippen molar-refractivity contribution in [2.45, 2.75) is 45.4 Å². The molecule has 3 aliphatic rings. The number of ether oxygens (including phenoxy) is 2. The molecule has 2 saturated heterocycles. The third-order valence-electron chi connectivity index (χ3n) is 6.19. The maximum absolute atomic E-state index is 6.03. The fourth-order valence-corrected chi connectivity index (χ4v) is 4.93. The minimum absolute atomic E-state index is 0.235. The molecule has 1 aliphatic carbocycles. The van der Waals surface area contributed by atoms with Gasteiger partial charge in [-0.3, -0.25) is 0 Å². The van der Waals surface area contributed by atoms with E-state index >= 15 is 0 Å². The van der Waals surface area contributed by atoms with E-state index < -0.39 is 0 Å². The van der Waals surface area contributed by atoms with Crippen molar-refractivity contribution in [2.24, 2.45) is 11.3 Å². The van der Waals surface area contributed by atoms with E-state index in [2.05, 4.69) is 48.3 Å². The predicted molar refractivity (Wildman–Crippen MR) is 96.3 cm³/mol. The molecule has 0 spiro atoms. The zero-order valence-corrected chi connectivity index (χ0v) is 15.0. The van der Waals surface area contributed by atoms with Crippen molar-refractivity contribution in [1.82, 2.24) is 5.32 Å². The smallest absolute Gasteiger partial charge is 0.0684 e. The SMILES string of the molecule is CC1(C)[C@H](NCc2ccccc2N2CCOCC2)[C@H]2CCCO[C@@H]21. The van der Waals surface area contributed by atoms with Crippen molar-refractivity contribution in [3.8, 4) is 0 Å². The van der Waals surface area contributed by atoms with Gasteiger partial charge >= 0.3 is 0 Å². The quantitative estimate of drug-likeness (QED) is 0.920. The first-order valence-electron chi connectivity index (χ1n) is 9.43. The molecule has 1 aromatic carbocycles. The zero-order valence-electron chi connectivity index (χ0n) is 15.0. The van der Waals surface area contributed by atoms with Crippen LogP contribution in [-0.2, 0) is 16.0 Å². The number of para-hydroxylation sites is 1. The third kappa shape index (κ3) is 2.85. The molecule has 0 aromatic heterocycles. The molecule has 3 fully saturated rings. The topological polar surface area (TPSA) is 33.7 Å². The molecule has 0 unspecified atom stereocenters. The zero-order chi connectivity index (χ0) is 16.6. The highest BCUT2D eigenvalue weighted by Crippen LogP contribution is 2.51. The number of fused-ring (bicyclic) bond motifs is 1. The van der Waals surface area contributed by atoms with Crippen molar-refractivity contribution in [2.75, 3.05) is 37.8 Å². The Morgan fingerprint density at radius 1 is 1.17 bits per heavy atom. The van der Waals surface area contributed by atoms with Gasteiger partial charge in [0.1, 0.15) is 0 Å². The maximum Gasteiger partial charge on any atom is 0.0684 e. The summed E-state index contributed by atoms with van der Waals surface area (Å²) in [6.07, 6.45) is 2.95. The molecule has 4 heteroatoms. The molecule has 1 aromatic rings. The Morgan fingerprint density at radius 2 is 1.96 bits per heavy atom. The Morgan fingerprint density at radius 3 is 2.79 bits per heavy atom. The van der Waals surface area contributed by atoms with Gasteiger partial charge in [0.2, 0.25) is 0 Å². The van der Waals surface area contributed by atoms with Gasteiger partial charge in [-0.1, -0.05) is 32.0 Å². The van der Waals surface area contributed by atoms with Crippen molar-refractivity contribution in [3.05, 3.63) is 29.8 Å². The summed E-state index contributed by atoms with van der Waals surface area (Å²) in [4.78, 5) is 2.46. The lowest BCUT2D eigenvalue weighted by Gasteiger charge is -2.60. The maximum atomic E-state index is 6.03. The van der Waals surface area contributed by atoms with Gasteiger partial charge < -0.3 is 19.7 Å². The molecule has 24 heavy (non-hydrogen) atoms. The fourth-order valence-electron chi connectivity index (χ4n) is 4.93. The van der Waals surface area contributed by atoms with E-state index in [0.717, 1.165) is 39.5 Å². The number of benzene rings is 1. The first-order valence-corrected chi connectivity index (χ1v) is 9.43. The van der Waals surface area contributed by atoms with Crippen LogP contribution in [0, 0.1) is 11.3 Å². The Kier molecular flexibility index (Phi) is 4.54. The van der Waals surface area contributed by atoms with Crippen LogP contribution in [0.5, 0.6) is 0 Å². The molecule has 1 saturated carbocycles. The summed E-state index contributed by atoms with van der Waals surface area (Å²) in [5, 5.41) is 3.87. The van der Waals surface area contributed by atoms with E-state index in [9.17, 15) is 0 Å². The number of rotatable bonds is 4. The summed E-state index contributed by atoms with van der Waals surface area (Å²) < 4.78 is 11.5. The number of morpholine rings is 1. The molecule has 1 N–H and O–H groups in total. The minimum atomic E-state index is 0.235. The number of nitrogens with zero attached hydrogens (tertiary/aromatic N) is 1. The summed E-state index contributed by atoms with van der Waals surface area (Å²) in [6.45, 7) is 10.2. The molecule has 132 valence electrons. The number of anilines is 1. The number of nitrogens with one attached hydrogen (secondary N) is 1. The van der Waals surface area contributed by atoms with Gasteiger partial charge in [-0.15, -0.1) is 0 Å². The standard InChI is InChI=1S/C20H30N2O2/c1-20(2)18(16-7-5-11-24-19(16)20)21-14-15-6-3-4-8-17(15)22-9-12-23-13-10-22/h3-4,6,8,16,18-19,21H,5,7,9-14H2,1-2H3/t16-,18-,19+/m1/s1. The summed E-state index contributed by atoms with van der Waals surface area (Å²) >= 11 is 0. The molecular formula is C20H30N2O2. The molecule has 2 heterocycles. The first kappa shape index (κ1) is 16.4. The van der Waals surface area contributed by atoms with Crippen molar-refractivity contribution in [1.29, 1.82) is 0 Å². The van der Waals surface area contributed by atoms with Gasteiger partial charge in [0, 0.05) is 49.3 Å². The van der Waals surface area contributed by atoms with E-state index in [1.807, 2.05) is 0 Å². The summed E-state index contributed by atoms with van der Waals surface area (Å²) in [7, 11) is 0. The molecule has 0 radical (unpaired) electrons. The lowest BCUT2D eigenvalue weighted by atomic mass is 9.55. The molecular weight excluding hydrogens is 300 g/mol. The van der Waals surface area contributed by atoms with Crippen LogP contribution < -0.4 is 10.2 Å². The van der Waals surface area contributed by atoms with Crippen LogP contribution >= 0.6 is 0 Å². The van der Waals surface area contributed by atoms with Crippen LogP contribution in [0.25, 0.3) is 0 Å². The van der Waals surface area contributed by atoms with Crippen LogP contribution in [0.1, 0.15) is 32.3 Å². The molecule has 2 aliphatic heterocycles. The molecule has 0 bridgehead atoms. The summed E-state index contributed by atoms with van der Waals surface area (Å²) in [5.41, 5.74) is 3.00. The highest BCUT2D eigenvalue weighted by molar-refractivity contribution is 5.54. The van der Waals surface area contributed by atoms with Gasteiger partial charge in [-0.2, -0.15) is 0 Å². The lowest BCUT2D eigenvalue weighted by molar-refractivity contribution is -0.192. The molecule has 4 nitrogen and oxygen atoms in total. The van der Waals surface area contributed by atoms with E-state index in [1.54, 1.807) is 0 Å². The number of hydrogen-bond acceptors (Lipinski definition) is 4. The summed E-state index contributed by atoms with van der Waals surface area (Å²) in [5.74, 6) is 0.685. The van der Waals surface area contributed by atoms with E-state index in [1.165, 1.54) is 24.1 Å².